The maximum atomic E-state index is 13.0. The Hall–Kier alpha value is -1.69. The first-order valence-corrected chi connectivity index (χ1v) is 10.9. The summed E-state index contributed by atoms with van der Waals surface area (Å²) in [5, 5.41) is 0. The molecule has 2 aliphatic rings. The van der Waals surface area contributed by atoms with E-state index in [0.29, 0.717) is 18.0 Å². The van der Waals surface area contributed by atoms with Crippen LogP contribution in [-0.4, -0.2) is 43.8 Å². The molecule has 0 aliphatic carbocycles. The molecule has 0 spiro atoms. The van der Waals surface area contributed by atoms with E-state index >= 15 is 0 Å². The molecule has 0 saturated carbocycles. The van der Waals surface area contributed by atoms with E-state index in [9.17, 15) is 8.42 Å². The van der Waals surface area contributed by atoms with Crippen molar-refractivity contribution in [1.82, 2.24) is 9.21 Å². The van der Waals surface area contributed by atoms with Crippen LogP contribution in [0.15, 0.2) is 65.6 Å². The highest BCUT2D eigenvalue weighted by Crippen LogP contribution is 2.41. The number of piperidine rings is 1. The third kappa shape index (κ3) is 3.08. The van der Waals surface area contributed by atoms with E-state index in [1.54, 1.807) is 28.6 Å². The van der Waals surface area contributed by atoms with Gasteiger partial charge in [0.05, 0.1) is 4.90 Å². The standard InChI is InChI=1S/C21H26N2O2S/c24-26(25,20-11-5-2-6-12-20)23-17-13-21(14-18-23,22-15-7-8-16-22)19-9-3-1-4-10-19/h1-6,9-12H,7-8,13-18H2. The van der Waals surface area contributed by atoms with Gasteiger partial charge in [-0.3, -0.25) is 4.90 Å². The zero-order valence-electron chi connectivity index (χ0n) is 15.0. The van der Waals surface area contributed by atoms with Crippen LogP contribution in [0, 0.1) is 0 Å². The van der Waals surface area contributed by atoms with Crippen molar-refractivity contribution in [3.8, 4) is 0 Å². The van der Waals surface area contributed by atoms with E-state index in [1.807, 2.05) is 6.07 Å². The third-order valence-electron chi connectivity index (χ3n) is 5.95. The first kappa shape index (κ1) is 17.7. The van der Waals surface area contributed by atoms with Crippen LogP contribution in [0.4, 0.5) is 0 Å². The molecule has 0 radical (unpaired) electrons. The number of benzene rings is 2. The molecule has 2 heterocycles. The highest BCUT2D eigenvalue weighted by molar-refractivity contribution is 7.89. The van der Waals surface area contributed by atoms with Gasteiger partial charge in [0, 0.05) is 18.6 Å². The smallest absolute Gasteiger partial charge is 0.243 e. The molecule has 2 fully saturated rings. The van der Waals surface area contributed by atoms with E-state index in [2.05, 4.69) is 35.2 Å². The Morgan fingerprint density at radius 3 is 1.85 bits per heavy atom. The lowest BCUT2D eigenvalue weighted by Crippen LogP contribution is -2.53. The molecule has 4 rings (SSSR count). The normalized spacial score (nSPS) is 21.7. The van der Waals surface area contributed by atoms with Gasteiger partial charge in [-0.1, -0.05) is 48.5 Å². The van der Waals surface area contributed by atoms with Crippen LogP contribution in [0.5, 0.6) is 0 Å². The molecule has 0 bridgehead atoms. The number of hydrogen-bond donors (Lipinski definition) is 0. The van der Waals surface area contributed by atoms with Crippen molar-refractivity contribution in [2.75, 3.05) is 26.2 Å². The zero-order valence-corrected chi connectivity index (χ0v) is 15.9. The Bertz CT molecular complexity index is 823. The molecule has 0 atom stereocenters. The Balaban J connectivity index is 1.60. The minimum atomic E-state index is -3.40. The molecule has 0 unspecified atom stereocenters. The van der Waals surface area contributed by atoms with Gasteiger partial charge < -0.3 is 0 Å². The molecule has 0 N–H and O–H groups in total. The minimum Gasteiger partial charge on any atom is -0.293 e. The number of sulfonamides is 1. The summed E-state index contributed by atoms with van der Waals surface area (Å²) in [6.45, 7) is 3.37. The fourth-order valence-corrected chi connectivity index (χ4v) is 5.98. The number of likely N-dealkylation sites (tertiary alicyclic amines) is 1. The van der Waals surface area contributed by atoms with Crippen LogP contribution in [-0.2, 0) is 15.6 Å². The first-order valence-electron chi connectivity index (χ1n) is 9.49. The molecular weight excluding hydrogens is 344 g/mol. The monoisotopic (exact) mass is 370 g/mol. The Morgan fingerprint density at radius 2 is 1.27 bits per heavy atom. The van der Waals surface area contributed by atoms with Gasteiger partial charge in [-0.25, -0.2) is 8.42 Å². The number of nitrogens with zero attached hydrogens (tertiary/aromatic N) is 2. The van der Waals surface area contributed by atoms with Crippen molar-refractivity contribution in [2.24, 2.45) is 0 Å². The van der Waals surface area contributed by atoms with Gasteiger partial charge >= 0.3 is 0 Å². The van der Waals surface area contributed by atoms with E-state index < -0.39 is 10.0 Å². The Labute approximate surface area is 156 Å². The van der Waals surface area contributed by atoms with Gasteiger partial charge in [-0.05, 0) is 56.5 Å². The molecule has 0 amide bonds. The van der Waals surface area contributed by atoms with Crippen LogP contribution in [0.25, 0.3) is 0 Å². The predicted molar refractivity (Wildman–Crippen MR) is 103 cm³/mol. The molecule has 138 valence electrons. The second-order valence-electron chi connectivity index (χ2n) is 7.31. The lowest BCUT2D eigenvalue weighted by Gasteiger charge is -2.47. The molecule has 0 aromatic heterocycles. The molecule has 2 aromatic rings. The fourth-order valence-electron chi connectivity index (χ4n) is 4.52. The summed E-state index contributed by atoms with van der Waals surface area (Å²) < 4.78 is 27.6. The van der Waals surface area contributed by atoms with E-state index in [-0.39, 0.29) is 5.54 Å². The van der Waals surface area contributed by atoms with E-state index in [0.717, 1.165) is 25.9 Å². The van der Waals surface area contributed by atoms with Crippen LogP contribution >= 0.6 is 0 Å². The lowest BCUT2D eigenvalue weighted by atomic mass is 9.80. The van der Waals surface area contributed by atoms with Crippen LogP contribution in [0.3, 0.4) is 0 Å². The van der Waals surface area contributed by atoms with Crippen molar-refractivity contribution >= 4 is 10.0 Å². The second kappa shape index (κ2) is 7.14. The summed E-state index contributed by atoms with van der Waals surface area (Å²) in [6.07, 6.45) is 4.17. The summed E-state index contributed by atoms with van der Waals surface area (Å²) in [4.78, 5) is 2.99. The van der Waals surface area contributed by atoms with Gasteiger partial charge in [-0.15, -0.1) is 0 Å². The predicted octanol–water partition coefficient (Wildman–Crippen LogP) is 3.46. The third-order valence-corrected chi connectivity index (χ3v) is 7.87. The minimum absolute atomic E-state index is 0.0273. The quantitative estimate of drug-likeness (QED) is 0.827. The van der Waals surface area contributed by atoms with E-state index in [1.165, 1.54) is 18.4 Å². The SMILES string of the molecule is O=S(=O)(c1ccccc1)N1CCC(c2ccccc2)(N2CCCC2)CC1. The van der Waals surface area contributed by atoms with Crippen LogP contribution < -0.4 is 0 Å². The summed E-state index contributed by atoms with van der Waals surface area (Å²) in [5.41, 5.74) is 1.30. The van der Waals surface area contributed by atoms with Gasteiger partial charge in [-0.2, -0.15) is 4.31 Å². The molecule has 26 heavy (non-hydrogen) atoms. The molecule has 2 aliphatic heterocycles. The van der Waals surface area contributed by atoms with Crippen LogP contribution in [0.1, 0.15) is 31.2 Å². The molecule has 2 saturated heterocycles. The maximum absolute atomic E-state index is 13.0. The van der Waals surface area contributed by atoms with Gasteiger partial charge in [0.15, 0.2) is 0 Å². The molecule has 4 nitrogen and oxygen atoms in total. The van der Waals surface area contributed by atoms with Gasteiger partial charge in [0.2, 0.25) is 10.0 Å². The number of rotatable bonds is 4. The average Bonchev–Trinajstić information content (AvgIpc) is 3.25. The molecular formula is C21H26N2O2S. The molecule has 2 aromatic carbocycles. The summed E-state index contributed by atoms with van der Waals surface area (Å²) in [5.74, 6) is 0. The zero-order chi connectivity index (χ0) is 18.0. The topological polar surface area (TPSA) is 40.6 Å². The van der Waals surface area contributed by atoms with Crippen molar-refractivity contribution < 1.29 is 8.42 Å². The van der Waals surface area contributed by atoms with E-state index in [4.69, 9.17) is 0 Å². The Morgan fingerprint density at radius 1 is 0.731 bits per heavy atom. The van der Waals surface area contributed by atoms with Crippen molar-refractivity contribution in [2.45, 2.75) is 36.1 Å². The second-order valence-corrected chi connectivity index (χ2v) is 9.25. The lowest BCUT2D eigenvalue weighted by molar-refractivity contribution is 0.0572. The highest BCUT2D eigenvalue weighted by atomic mass is 32.2. The number of hydrogen-bond acceptors (Lipinski definition) is 3. The van der Waals surface area contributed by atoms with Gasteiger partial charge in [0.25, 0.3) is 0 Å². The summed E-state index contributed by atoms with van der Waals surface area (Å²) in [6, 6.07) is 19.5. The van der Waals surface area contributed by atoms with Crippen molar-refractivity contribution in [1.29, 1.82) is 0 Å². The summed E-state index contributed by atoms with van der Waals surface area (Å²) >= 11 is 0. The van der Waals surface area contributed by atoms with Gasteiger partial charge in [0.1, 0.15) is 0 Å². The van der Waals surface area contributed by atoms with Crippen molar-refractivity contribution in [3.63, 3.8) is 0 Å². The highest BCUT2D eigenvalue weighted by Gasteiger charge is 2.44. The maximum Gasteiger partial charge on any atom is 0.243 e. The fraction of sp³-hybridized carbons (Fsp3) is 0.429. The summed E-state index contributed by atoms with van der Waals surface area (Å²) in [7, 11) is -3.40. The average molecular weight is 371 g/mol. The largest absolute Gasteiger partial charge is 0.293 e. The van der Waals surface area contributed by atoms with Crippen molar-refractivity contribution in [3.05, 3.63) is 66.2 Å². The van der Waals surface area contributed by atoms with Crippen LogP contribution in [0.2, 0.25) is 0 Å². The molecule has 5 heteroatoms. The Kier molecular flexibility index (Phi) is 4.86. The first-order chi connectivity index (χ1) is 12.6.